The monoisotopic (exact) mass is 422 g/mol. The molecule has 0 amide bonds. The number of likely N-dealkylation sites (N-methyl/N-ethyl adjacent to an activating group) is 1. The molecule has 0 unspecified atom stereocenters. The third-order valence-corrected chi connectivity index (χ3v) is 6.17. The maximum atomic E-state index is 8.73. The summed E-state index contributed by atoms with van der Waals surface area (Å²) in [5, 5.41) is 18.2. The van der Waals surface area contributed by atoms with Crippen molar-refractivity contribution in [3.05, 3.63) is 90.2 Å². The van der Waals surface area contributed by atoms with Gasteiger partial charge in [0.15, 0.2) is 0 Å². The van der Waals surface area contributed by atoms with Crippen molar-refractivity contribution in [2.24, 2.45) is 0 Å². The van der Waals surface area contributed by atoms with Gasteiger partial charge in [-0.05, 0) is 54.6 Å². The maximum Gasteiger partial charge on any atom is 0.138 e. The van der Waals surface area contributed by atoms with Gasteiger partial charge in [-0.2, -0.15) is 0 Å². The molecule has 0 spiro atoms. The number of hydrogen-bond acceptors (Lipinski definition) is 5. The molecule has 1 aliphatic rings. The molecule has 4 aromatic rings. The largest absolute Gasteiger partial charge is 0.369 e. The first kappa shape index (κ1) is 20.2. The van der Waals surface area contributed by atoms with Gasteiger partial charge in [0.25, 0.3) is 0 Å². The van der Waals surface area contributed by atoms with Gasteiger partial charge in [0, 0.05) is 55.2 Å². The Hall–Kier alpha value is -3.77. The number of nitrogens with zero attached hydrogens (tertiary/aromatic N) is 4. The van der Waals surface area contributed by atoms with Crippen molar-refractivity contribution < 1.29 is 0 Å². The average Bonchev–Trinajstić information content (AvgIpc) is 2.84. The summed E-state index contributed by atoms with van der Waals surface area (Å²) in [6.45, 7) is 4.26. The van der Waals surface area contributed by atoms with Crippen molar-refractivity contribution in [1.29, 1.82) is 10.8 Å². The quantitative estimate of drug-likeness (QED) is 0.390. The van der Waals surface area contributed by atoms with Gasteiger partial charge in [0.1, 0.15) is 11.3 Å². The first-order valence-corrected chi connectivity index (χ1v) is 10.8. The van der Waals surface area contributed by atoms with Gasteiger partial charge in [-0.25, -0.2) is 0 Å². The number of para-hydroxylation sites is 1. The van der Waals surface area contributed by atoms with Crippen molar-refractivity contribution in [3.8, 4) is 11.1 Å². The Morgan fingerprint density at radius 1 is 0.875 bits per heavy atom. The molecule has 3 heterocycles. The smallest absolute Gasteiger partial charge is 0.138 e. The summed E-state index contributed by atoms with van der Waals surface area (Å²) in [7, 11) is 2.16. The van der Waals surface area contributed by atoms with Crippen LogP contribution in [0.1, 0.15) is 5.56 Å². The Morgan fingerprint density at radius 3 is 2.38 bits per heavy atom. The van der Waals surface area contributed by atoms with Crippen LogP contribution in [-0.4, -0.2) is 53.5 Å². The summed E-state index contributed by atoms with van der Waals surface area (Å²) in [5.74, 6) is 0.269. The highest BCUT2D eigenvalue weighted by Crippen LogP contribution is 2.23. The lowest BCUT2D eigenvalue weighted by Crippen LogP contribution is -2.44. The first-order valence-electron chi connectivity index (χ1n) is 10.8. The van der Waals surface area contributed by atoms with E-state index in [1.54, 1.807) is 10.8 Å². The van der Waals surface area contributed by atoms with Gasteiger partial charge in [-0.15, -0.1) is 0 Å². The molecule has 32 heavy (non-hydrogen) atoms. The Bertz CT molecular complexity index is 1330. The number of aromatic nitrogens is 2. The lowest BCUT2D eigenvalue weighted by atomic mass is 10.1. The zero-order valence-corrected chi connectivity index (χ0v) is 18.1. The second kappa shape index (κ2) is 8.40. The number of anilines is 1. The standard InChI is InChI=1S/C26H26N6/c1-30-14-16-31(17-15-30)21-8-6-19(7-9-21)20-11-13-32(25(27)18-20)26(28)23-10-12-29-24-5-3-2-4-22(23)24/h2-13,18,27-28H,14-17H2,1H3. The minimum atomic E-state index is 0.269. The SMILES string of the molecule is CN1CCN(c2ccc(-c3ccn(C(=N)c4ccnc5ccccc45)c(=N)c3)cc2)CC1. The fourth-order valence-corrected chi connectivity index (χ4v) is 4.24. The lowest BCUT2D eigenvalue weighted by molar-refractivity contribution is 0.313. The molecule has 0 saturated carbocycles. The van der Waals surface area contributed by atoms with E-state index in [-0.39, 0.29) is 11.3 Å². The molecule has 1 aliphatic heterocycles. The van der Waals surface area contributed by atoms with E-state index in [0.717, 1.165) is 53.8 Å². The number of pyridine rings is 2. The molecule has 2 aromatic carbocycles. The van der Waals surface area contributed by atoms with Crippen LogP contribution in [0.4, 0.5) is 5.69 Å². The molecule has 0 radical (unpaired) electrons. The van der Waals surface area contributed by atoms with Gasteiger partial charge in [-0.3, -0.25) is 20.4 Å². The van der Waals surface area contributed by atoms with Crippen LogP contribution in [0.25, 0.3) is 22.0 Å². The van der Waals surface area contributed by atoms with Crippen molar-refractivity contribution >= 4 is 22.4 Å². The summed E-state index contributed by atoms with van der Waals surface area (Å²) >= 11 is 0. The van der Waals surface area contributed by atoms with Crippen molar-refractivity contribution in [2.45, 2.75) is 0 Å². The number of hydrogen-bond donors (Lipinski definition) is 2. The molecule has 160 valence electrons. The first-order chi connectivity index (χ1) is 15.6. The minimum absolute atomic E-state index is 0.269. The Labute approximate surface area is 187 Å². The Kier molecular flexibility index (Phi) is 5.29. The molecule has 0 atom stereocenters. The van der Waals surface area contributed by atoms with E-state index in [0.29, 0.717) is 0 Å². The van der Waals surface area contributed by atoms with Crippen LogP contribution in [0.5, 0.6) is 0 Å². The molecule has 5 rings (SSSR count). The Morgan fingerprint density at radius 2 is 1.62 bits per heavy atom. The second-order valence-corrected chi connectivity index (χ2v) is 8.23. The van der Waals surface area contributed by atoms with Crippen molar-refractivity contribution in [3.63, 3.8) is 0 Å². The summed E-state index contributed by atoms with van der Waals surface area (Å²) in [4.78, 5) is 9.15. The summed E-state index contributed by atoms with van der Waals surface area (Å²) < 4.78 is 1.60. The highest BCUT2D eigenvalue weighted by Gasteiger charge is 2.14. The second-order valence-electron chi connectivity index (χ2n) is 8.23. The van der Waals surface area contributed by atoms with Crippen LogP contribution < -0.4 is 10.4 Å². The van der Waals surface area contributed by atoms with Gasteiger partial charge in [0.05, 0.1) is 5.52 Å². The number of nitrogens with one attached hydrogen (secondary N) is 2. The van der Waals surface area contributed by atoms with Crippen LogP contribution in [0, 0.1) is 10.8 Å². The van der Waals surface area contributed by atoms with Crippen LogP contribution in [0.15, 0.2) is 79.1 Å². The van der Waals surface area contributed by atoms with E-state index >= 15 is 0 Å². The van der Waals surface area contributed by atoms with E-state index in [2.05, 4.69) is 46.1 Å². The molecular formula is C26H26N6. The lowest BCUT2D eigenvalue weighted by Gasteiger charge is -2.34. The molecule has 6 heteroatoms. The predicted octanol–water partition coefficient (Wildman–Crippen LogP) is 3.81. The van der Waals surface area contributed by atoms with E-state index < -0.39 is 0 Å². The molecule has 6 nitrogen and oxygen atoms in total. The predicted molar refractivity (Wildman–Crippen MR) is 129 cm³/mol. The van der Waals surface area contributed by atoms with Crippen LogP contribution in [-0.2, 0) is 0 Å². The summed E-state index contributed by atoms with van der Waals surface area (Å²) in [6, 6.07) is 22.0. The zero-order valence-electron chi connectivity index (χ0n) is 18.1. The third-order valence-electron chi connectivity index (χ3n) is 6.17. The highest BCUT2D eigenvalue weighted by molar-refractivity contribution is 6.08. The van der Waals surface area contributed by atoms with Crippen LogP contribution in [0.2, 0.25) is 0 Å². The molecule has 2 N–H and O–H groups in total. The van der Waals surface area contributed by atoms with E-state index in [9.17, 15) is 0 Å². The third kappa shape index (κ3) is 3.81. The topological polar surface area (TPSA) is 72.0 Å². The maximum absolute atomic E-state index is 8.73. The van der Waals surface area contributed by atoms with E-state index in [1.807, 2.05) is 48.7 Å². The minimum Gasteiger partial charge on any atom is -0.369 e. The molecule has 0 bridgehead atoms. The zero-order chi connectivity index (χ0) is 22.1. The van der Waals surface area contributed by atoms with Gasteiger partial charge in [-0.1, -0.05) is 30.3 Å². The molecule has 2 aromatic heterocycles. The average molecular weight is 423 g/mol. The summed E-state index contributed by atoms with van der Waals surface area (Å²) in [6.07, 6.45) is 3.52. The molecule has 0 aliphatic carbocycles. The normalized spacial score (nSPS) is 14.6. The molecular weight excluding hydrogens is 396 g/mol. The molecule has 1 fully saturated rings. The Balaban J connectivity index is 1.41. The van der Waals surface area contributed by atoms with Crippen molar-refractivity contribution in [2.75, 3.05) is 38.1 Å². The van der Waals surface area contributed by atoms with Gasteiger partial charge >= 0.3 is 0 Å². The number of piperazine rings is 1. The van der Waals surface area contributed by atoms with Gasteiger partial charge < -0.3 is 9.80 Å². The van der Waals surface area contributed by atoms with Gasteiger partial charge in [0.2, 0.25) is 0 Å². The van der Waals surface area contributed by atoms with E-state index in [4.69, 9.17) is 10.8 Å². The summed E-state index contributed by atoms with van der Waals surface area (Å²) in [5.41, 5.74) is 5.17. The number of benzene rings is 2. The van der Waals surface area contributed by atoms with Crippen LogP contribution >= 0.6 is 0 Å². The highest BCUT2D eigenvalue weighted by atomic mass is 15.2. The number of rotatable bonds is 3. The number of fused-ring (bicyclic) bond motifs is 1. The van der Waals surface area contributed by atoms with E-state index in [1.165, 1.54) is 5.69 Å². The fourth-order valence-electron chi connectivity index (χ4n) is 4.24. The van der Waals surface area contributed by atoms with Crippen LogP contribution in [0.3, 0.4) is 0 Å². The fraction of sp³-hybridized carbons (Fsp3) is 0.192. The molecule has 1 saturated heterocycles. The van der Waals surface area contributed by atoms with Crippen molar-refractivity contribution in [1.82, 2.24) is 14.5 Å².